The maximum Gasteiger partial charge on any atom is 0.336 e. The van der Waals surface area contributed by atoms with Crippen molar-refractivity contribution in [2.24, 2.45) is 0 Å². The molecule has 13 nitrogen and oxygen atoms in total. The Morgan fingerprint density at radius 3 is 2.44 bits per heavy atom. The number of aromatic nitrogens is 4. The SMILES string of the molecule is Cc1cc(=O)oc2cc(Oc3nc(Nc4ccc(N5C(=O)C(CN6CCN(c7ccccn7)CC6)SC5c5ccc(F)cc5)cc4)nc(N(C)C)n3)ccc12. The first-order valence-corrected chi connectivity index (χ1v) is 18.8. The van der Waals surface area contributed by atoms with Crippen molar-refractivity contribution >= 4 is 57.7 Å². The Balaban J connectivity index is 0.996. The van der Waals surface area contributed by atoms with E-state index in [0.717, 1.165) is 48.5 Å². The number of nitrogens with zero attached hydrogens (tertiary/aromatic N) is 8. The Morgan fingerprint density at radius 1 is 0.927 bits per heavy atom. The van der Waals surface area contributed by atoms with Gasteiger partial charge in [0.1, 0.15) is 28.3 Å². The lowest BCUT2D eigenvalue weighted by molar-refractivity contribution is -0.118. The summed E-state index contributed by atoms with van der Waals surface area (Å²) >= 11 is 1.59. The molecule has 1 N–H and O–H groups in total. The molecule has 0 bridgehead atoms. The summed E-state index contributed by atoms with van der Waals surface area (Å²) in [6, 6.07) is 26.4. The van der Waals surface area contributed by atoms with Gasteiger partial charge in [-0.2, -0.15) is 15.0 Å². The van der Waals surface area contributed by atoms with E-state index in [-0.39, 0.29) is 34.3 Å². The van der Waals surface area contributed by atoms with Crippen molar-refractivity contribution in [2.75, 3.05) is 66.8 Å². The minimum absolute atomic E-state index is 0.00481. The highest BCUT2D eigenvalue weighted by atomic mass is 32.2. The van der Waals surface area contributed by atoms with Crippen molar-refractivity contribution < 1.29 is 18.3 Å². The molecule has 6 aromatic rings. The second-order valence-corrected chi connectivity index (χ2v) is 14.8. The van der Waals surface area contributed by atoms with E-state index in [9.17, 15) is 14.0 Å². The molecule has 3 aromatic heterocycles. The fourth-order valence-corrected chi connectivity index (χ4v) is 8.17. The van der Waals surface area contributed by atoms with E-state index in [0.29, 0.717) is 35.2 Å². The van der Waals surface area contributed by atoms with Gasteiger partial charge in [0.2, 0.25) is 17.8 Å². The second kappa shape index (κ2) is 15.4. The van der Waals surface area contributed by atoms with Crippen molar-refractivity contribution in [2.45, 2.75) is 17.5 Å². The number of rotatable bonds is 10. The molecule has 2 unspecified atom stereocenters. The fourth-order valence-electron chi connectivity index (χ4n) is 6.68. The van der Waals surface area contributed by atoms with Gasteiger partial charge in [0, 0.05) is 81.9 Å². The Morgan fingerprint density at radius 2 is 1.71 bits per heavy atom. The van der Waals surface area contributed by atoms with Crippen LogP contribution in [-0.2, 0) is 4.79 Å². The molecule has 0 saturated carbocycles. The highest BCUT2D eigenvalue weighted by molar-refractivity contribution is 8.01. The summed E-state index contributed by atoms with van der Waals surface area (Å²) in [7, 11) is 3.62. The first-order valence-electron chi connectivity index (χ1n) is 17.8. The average Bonchev–Trinajstić information content (AvgIpc) is 3.50. The van der Waals surface area contributed by atoms with Crippen LogP contribution in [0.1, 0.15) is 16.5 Å². The highest BCUT2D eigenvalue weighted by Gasteiger charge is 2.43. The van der Waals surface area contributed by atoms with Gasteiger partial charge in [-0.1, -0.05) is 18.2 Å². The third kappa shape index (κ3) is 7.93. The van der Waals surface area contributed by atoms with Gasteiger partial charge in [-0.15, -0.1) is 11.8 Å². The molecule has 2 saturated heterocycles. The number of aryl methyl sites for hydroxylation is 1. The fraction of sp³-hybridized carbons (Fsp3) is 0.250. The van der Waals surface area contributed by atoms with Crippen LogP contribution in [0.15, 0.2) is 106 Å². The van der Waals surface area contributed by atoms with E-state index in [1.807, 2.05) is 74.4 Å². The van der Waals surface area contributed by atoms with Crippen molar-refractivity contribution in [1.29, 1.82) is 0 Å². The summed E-state index contributed by atoms with van der Waals surface area (Å²) in [4.78, 5) is 52.3. The third-order valence-electron chi connectivity index (χ3n) is 9.50. The number of piperazine rings is 1. The predicted molar refractivity (Wildman–Crippen MR) is 212 cm³/mol. The number of pyridine rings is 1. The van der Waals surface area contributed by atoms with Gasteiger partial charge in [-0.05, 0) is 78.7 Å². The normalized spacial score (nSPS) is 17.5. The second-order valence-electron chi connectivity index (χ2n) is 13.5. The number of hydrogen-bond donors (Lipinski definition) is 1. The summed E-state index contributed by atoms with van der Waals surface area (Å²) in [5.41, 5.74) is 2.99. The summed E-state index contributed by atoms with van der Waals surface area (Å²) in [5, 5.41) is 3.40. The lowest BCUT2D eigenvalue weighted by Crippen LogP contribution is -2.49. The number of carbonyl (C=O) groups excluding carboxylic acids is 1. The van der Waals surface area contributed by atoms with Crippen LogP contribution in [0.3, 0.4) is 0 Å². The molecule has 55 heavy (non-hydrogen) atoms. The zero-order valence-corrected chi connectivity index (χ0v) is 31.2. The number of benzene rings is 3. The van der Waals surface area contributed by atoms with E-state index in [1.54, 1.807) is 47.1 Å². The monoisotopic (exact) mass is 759 g/mol. The van der Waals surface area contributed by atoms with Gasteiger partial charge in [0.15, 0.2) is 0 Å². The van der Waals surface area contributed by atoms with Crippen molar-refractivity contribution in [3.05, 3.63) is 125 Å². The van der Waals surface area contributed by atoms with Crippen molar-refractivity contribution in [3.8, 4) is 11.8 Å². The smallest absolute Gasteiger partial charge is 0.336 e. The van der Waals surface area contributed by atoms with E-state index in [2.05, 4.69) is 35.1 Å². The van der Waals surface area contributed by atoms with Gasteiger partial charge < -0.3 is 24.3 Å². The Kier molecular flexibility index (Phi) is 10.0. The Hall–Kier alpha value is -6.06. The number of ether oxygens (including phenoxy) is 1. The van der Waals surface area contributed by atoms with Crippen LogP contribution in [0, 0.1) is 12.7 Å². The quantitative estimate of drug-likeness (QED) is 0.155. The molecule has 2 aliphatic rings. The molecule has 2 atom stereocenters. The summed E-state index contributed by atoms with van der Waals surface area (Å²) < 4.78 is 25.4. The minimum Gasteiger partial charge on any atom is -0.424 e. The van der Waals surface area contributed by atoms with Crippen LogP contribution in [0.4, 0.5) is 33.5 Å². The maximum atomic E-state index is 14.2. The van der Waals surface area contributed by atoms with E-state index >= 15 is 0 Å². The van der Waals surface area contributed by atoms with E-state index in [4.69, 9.17) is 9.15 Å². The van der Waals surface area contributed by atoms with Crippen LogP contribution >= 0.6 is 11.8 Å². The van der Waals surface area contributed by atoms with Crippen LogP contribution in [-0.4, -0.2) is 82.8 Å². The first-order chi connectivity index (χ1) is 26.7. The third-order valence-corrected chi connectivity index (χ3v) is 10.9. The van der Waals surface area contributed by atoms with Crippen molar-refractivity contribution in [3.63, 3.8) is 0 Å². The molecule has 15 heteroatoms. The summed E-state index contributed by atoms with van der Waals surface area (Å²) in [6.07, 6.45) is 1.81. The number of halogens is 1. The van der Waals surface area contributed by atoms with E-state index in [1.165, 1.54) is 18.2 Å². The molecule has 0 spiro atoms. The number of anilines is 5. The number of fused-ring (bicyclic) bond motifs is 1. The predicted octanol–water partition coefficient (Wildman–Crippen LogP) is 6.39. The molecule has 5 heterocycles. The molecule has 2 aliphatic heterocycles. The summed E-state index contributed by atoms with van der Waals surface area (Å²) in [5.74, 6) is 1.63. The Labute approximate surface area is 320 Å². The van der Waals surface area contributed by atoms with Crippen LogP contribution in [0.25, 0.3) is 11.0 Å². The number of hydrogen-bond acceptors (Lipinski definition) is 13. The Bertz CT molecular complexity index is 2370. The topological polar surface area (TPSA) is 133 Å². The van der Waals surface area contributed by atoms with Gasteiger partial charge in [-0.25, -0.2) is 14.2 Å². The minimum atomic E-state index is -0.445. The largest absolute Gasteiger partial charge is 0.424 e. The summed E-state index contributed by atoms with van der Waals surface area (Å²) in [6.45, 7) is 5.75. The molecular formula is C40H38FN9O4S. The van der Waals surface area contributed by atoms with Crippen LogP contribution in [0.2, 0.25) is 0 Å². The van der Waals surface area contributed by atoms with Gasteiger partial charge >= 0.3 is 11.6 Å². The molecule has 0 aliphatic carbocycles. The van der Waals surface area contributed by atoms with E-state index < -0.39 is 5.63 Å². The highest BCUT2D eigenvalue weighted by Crippen LogP contribution is 2.46. The lowest BCUT2D eigenvalue weighted by Gasteiger charge is -2.36. The number of amides is 1. The molecule has 280 valence electrons. The lowest BCUT2D eigenvalue weighted by atomic mass is 10.1. The standard InChI is InChI=1S/C40H38FN9O4S/c1-25-22-35(51)54-32-23-30(15-16-31(25)32)53-40-45-38(44-39(46-40)47(2)3)43-28-11-13-29(14-12-28)50-36(52)33(55-37(50)26-7-9-27(41)10-8-26)24-48-18-20-49(21-19-48)34-6-4-5-17-42-34/h4-17,22-23,33,37H,18-21,24H2,1-3H3,(H,43,44,45,46). The molecular weight excluding hydrogens is 722 g/mol. The number of nitrogens with one attached hydrogen (secondary N) is 1. The van der Waals surface area contributed by atoms with Gasteiger partial charge in [0.25, 0.3) is 0 Å². The van der Waals surface area contributed by atoms with Gasteiger partial charge in [0.05, 0.1) is 5.25 Å². The molecule has 1 amide bonds. The molecule has 3 aromatic carbocycles. The first kappa shape index (κ1) is 35.9. The number of carbonyl (C=O) groups is 1. The molecule has 8 rings (SSSR count). The van der Waals surface area contributed by atoms with Crippen molar-refractivity contribution in [1.82, 2.24) is 24.8 Å². The maximum absolute atomic E-state index is 14.2. The van der Waals surface area contributed by atoms with Crippen LogP contribution < -0.4 is 30.4 Å². The number of thioether (sulfide) groups is 1. The molecule has 0 radical (unpaired) electrons. The molecule has 2 fully saturated rings. The van der Waals surface area contributed by atoms with Crippen LogP contribution in [0.5, 0.6) is 11.8 Å². The zero-order chi connectivity index (χ0) is 38.1. The van der Waals surface area contributed by atoms with Gasteiger partial charge in [-0.3, -0.25) is 14.6 Å². The zero-order valence-electron chi connectivity index (χ0n) is 30.4. The average molecular weight is 760 g/mol.